The fourth-order valence-corrected chi connectivity index (χ4v) is 5.68. The SMILES string of the molecule is [2H]c1c([2H])c(CSc2nc(=O)c3c(n2CC(=O)N(CCN(C([2H])([2H])C)C([2H])([2H])C)Cc2c([2H])c([2H])c(-c4c([2H])c([2H])c(C(F)(F)F)c([2H])c4[2H])c([2H])c2[2H])CCC3)c([2H])c([2H])c1F. The first-order valence-electron chi connectivity index (χ1n) is 22.3. The molecule has 0 fully saturated rings. The Labute approximate surface area is 298 Å². The van der Waals surface area contributed by atoms with Crippen LogP contribution >= 0.6 is 11.8 Å². The molecule has 0 unspecified atom stereocenters. The first-order chi connectivity index (χ1) is 28.9. The number of thioether (sulfide) groups is 1. The van der Waals surface area contributed by atoms with Gasteiger partial charge in [-0.05, 0) is 78.7 Å². The van der Waals surface area contributed by atoms with Crippen LogP contribution in [-0.4, -0.2) is 51.3 Å². The van der Waals surface area contributed by atoms with E-state index in [1.807, 2.05) is 0 Å². The lowest BCUT2D eigenvalue weighted by molar-refractivity contribution is -0.137. The molecule has 5 rings (SSSR count). The van der Waals surface area contributed by atoms with Crippen molar-refractivity contribution in [2.45, 2.75) is 63.3 Å². The number of amides is 1. The molecule has 0 spiro atoms. The van der Waals surface area contributed by atoms with Crippen molar-refractivity contribution in [2.75, 3.05) is 26.1 Å². The number of hydrogen-bond donors (Lipinski definition) is 0. The van der Waals surface area contributed by atoms with Gasteiger partial charge in [-0.2, -0.15) is 18.2 Å². The third-order valence-electron chi connectivity index (χ3n) is 7.16. The lowest BCUT2D eigenvalue weighted by atomic mass is 10.0. The average molecular weight is 683 g/mol. The Kier molecular flexibility index (Phi) is 6.23. The molecule has 4 aromatic rings. The Morgan fingerprint density at radius 3 is 2.17 bits per heavy atom. The van der Waals surface area contributed by atoms with Crippen LogP contribution < -0.4 is 5.56 Å². The van der Waals surface area contributed by atoms with Crippen molar-refractivity contribution in [1.29, 1.82) is 0 Å². The Balaban J connectivity index is 1.63. The first kappa shape index (κ1) is 19.1. The summed E-state index contributed by atoms with van der Waals surface area (Å²) in [5.74, 6) is -2.62. The van der Waals surface area contributed by atoms with Gasteiger partial charge in [-0.15, -0.1) is 0 Å². The van der Waals surface area contributed by atoms with Gasteiger partial charge in [-0.3, -0.25) is 9.59 Å². The minimum atomic E-state index is -5.32. The summed E-state index contributed by atoms with van der Waals surface area (Å²) in [7, 11) is 0. The van der Waals surface area contributed by atoms with E-state index < -0.39 is 157 Å². The van der Waals surface area contributed by atoms with Gasteiger partial charge in [0.1, 0.15) is 12.4 Å². The van der Waals surface area contributed by atoms with Crippen molar-refractivity contribution in [2.24, 2.45) is 0 Å². The number of carbonyl (C=O) groups is 1. The van der Waals surface area contributed by atoms with Crippen molar-refractivity contribution in [1.82, 2.24) is 19.4 Å². The first-order valence-corrected chi connectivity index (χ1v) is 15.2. The van der Waals surface area contributed by atoms with Crippen LogP contribution in [0.2, 0.25) is 0 Å². The Morgan fingerprint density at radius 2 is 1.55 bits per heavy atom. The van der Waals surface area contributed by atoms with Gasteiger partial charge < -0.3 is 14.4 Å². The standard InChI is InChI=1S/C36H38F4N4O2S/c1-3-42(4-2)20-21-43(22-25-8-12-27(13-9-25)28-14-16-29(17-15-28)36(38,39)40)33(45)23-44-32-7-5-6-31(32)34(46)41-35(44)47-24-26-10-18-30(37)19-11-26/h8-19H,3-7,20-24H2,1-2H3/i3D2,4D2,8D,9D,10D,11D,12D,13D,14D,15D,16D,17D,18D,19D. The molecule has 1 amide bonds. The predicted molar refractivity (Wildman–Crippen MR) is 177 cm³/mol. The van der Waals surface area contributed by atoms with E-state index in [0.29, 0.717) is 12.1 Å². The van der Waals surface area contributed by atoms with E-state index in [9.17, 15) is 27.2 Å². The second-order valence-corrected chi connectivity index (χ2v) is 11.1. The highest BCUT2D eigenvalue weighted by atomic mass is 32.2. The average Bonchev–Trinajstić information content (AvgIpc) is 3.68. The lowest BCUT2D eigenvalue weighted by Crippen LogP contribution is -2.40. The Bertz CT molecular complexity index is 2480. The maximum Gasteiger partial charge on any atom is 0.416 e. The largest absolute Gasteiger partial charge is 0.416 e. The number of nitrogens with zero attached hydrogens (tertiary/aromatic N) is 4. The summed E-state index contributed by atoms with van der Waals surface area (Å²) in [6, 6.07) is -12.6. The molecular weight excluding hydrogens is 628 g/mol. The summed E-state index contributed by atoms with van der Waals surface area (Å²) in [5, 5.41) is -0.128. The topological polar surface area (TPSA) is 58.4 Å². The third-order valence-corrected chi connectivity index (χ3v) is 8.16. The van der Waals surface area contributed by atoms with E-state index in [1.165, 1.54) is 4.57 Å². The van der Waals surface area contributed by atoms with E-state index in [0.717, 1.165) is 35.4 Å². The van der Waals surface area contributed by atoms with Gasteiger partial charge >= 0.3 is 6.18 Å². The summed E-state index contributed by atoms with van der Waals surface area (Å²) in [4.78, 5) is 33.6. The molecule has 47 heavy (non-hydrogen) atoms. The van der Waals surface area contributed by atoms with E-state index in [-0.39, 0.29) is 34.9 Å². The highest BCUT2D eigenvalue weighted by Gasteiger charge is 2.30. The number of fused-ring (bicyclic) bond motifs is 1. The molecule has 1 aromatic heterocycles. The van der Waals surface area contributed by atoms with Crippen molar-refractivity contribution < 1.29 is 44.3 Å². The molecule has 6 nitrogen and oxygen atoms in total. The lowest BCUT2D eigenvalue weighted by Gasteiger charge is -2.28. The van der Waals surface area contributed by atoms with Crippen molar-refractivity contribution in [3.8, 4) is 11.1 Å². The molecule has 0 aliphatic heterocycles. The smallest absolute Gasteiger partial charge is 0.336 e. The minimum Gasteiger partial charge on any atom is -0.336 e. The molecule has 1 aliphatic carbocycles. The van der Waals surface area contributed by atoms with Gasteiger partial charge in [0.2, 0.25) is 5.91 Å². The minimum absolute atomic E-state index is 0.128. The van der Waals surface area contributed by atoms with Gasteiger partial charge in [0.05, 0.1) is 22.0 Å². The summed E-state index contributed by atoms with van der Waals surface area (Å²) < 4.78 is 190. The van der Waals surface area contributed by atoms with Gasteiger partial charge in [-0.25, -0.2) is 4.39 Å². The highest BCUT2D eigenvalue weighted by Crippen LogP contribution is 2.31. The highest BCUT2D eigenvalue weighted by molar-refractivity contribution is 7.98. The summed E-state index contributed by atoms with van der Waals surface area (Å²) in [6.45, 7) is -5.04. The van der Waals surface area contributed by atoms with E-state index in [1.54, 1.807) is 0 Å². The van der Waals surface area contributed by atoms with Gasteiger partial charge in [0, 0.05) is 42.1 Å². The second-order valence-electron chi connectivity index (χ2n) is 10.2. The van der Waals surface area contributed by atoms with Gasteiger partial charge in [0.25, 0.3) is 5.56 Å². The Morgan fingerprint density at radius 1 is 0.936 bits per heavy atom. The van der Waals surface area contributed by atoms with Crippen LogP contribution in [0.5, 0.6) is 0 Å². The molecule has 0 bridgehead atoms. The van der Waals surface area contributed by atoms with Crippen LogP contribution in [0.1, 0.15) is 70.1 Å². The van der Waals surface area contributed by atoms with Crippen molar-refractivity contribution >= 4 is 17.7 Å². The molecule has 1 aliphatic rings. The zero-order valence-corrected chi connectivity index (χ0v) is 26.0. The molecule has 0 radical (unpaired) electrons. The molecular formula is C36H38F4N4O2S. The quantitative estimate of drug-likeness (QED) is 0.0847. The van der Waals surface area contributed by atoms with Gasteiger partial charge in [-0.1, -0.05) is 73.9 Å². The van der Waals surface area contributed by atoms with Crippen molar-refractivity contribution in [3.05, 3.63) is 117 Å². The molecule has 1 heterocycles. The number of hydrogen-bond acceptors (Lipinski definition) is 5. The fourth-order valence-electron chi connectivity index (χ4n) is 4.79. The molecule has 0 atom stereocenters. The van der Waals surface area contributed by atoms with E-state index in [4.69, 9.17) is 21.9 Å². The predicted octanol–water partition coefficient (Wildman–Crippen LogP) is 7.22. The van der Waals surface area contributed by atoms with Crippen molar-refractivity contribution in [3.63, 3.8) is 0 Å². The molecule has 0 saturated carbocycles. The number of carbonyl (C=O) groups excluding carboxylic acids is 1. The monoisotopic (exact) mass is 682 g/mol. The summed E-state index contributed by atoms with van der Waals surface area (Å²) in [6.07, 6.45) is -4.30. The van der Waals surface area contributed by atoms with Gasteiger partial charge in [0.15, 0.2) is 5.16 Å². The molecule has 11 heteroatoms. The number of rotatable bonds is 13. The normalized spacial score (nSPS) is 18.3. The van der Waals surface area contributed by atoms with Crippen LogP contribution in [0.3, 0.4) is 0 Å². The maximum absolute atomic E-state index is 14.6. The second kappa shape index (κ2) is 15.3. The number of benzene rings is 3. The molecule has 3 aromatic carbocycles. The number of alkyl halides is 3. The number of halogens is 4. The summed E-state index contributed by atoms with van der Waals surface area (Å²) in [5.41, 5.74) is -4.46. The summed E-state index contributed by atoms with van der Waals surface area (Å²) >= 11 is 0.745. The number of likely N-dealkylation sites (N-methyl/N-ethyl adjacent to an activating group) is 1. The number of aromatic nitrogens is 2. The molecule has 0 N–H and O–H groups in total. The zero-order chi connectivity index (χ0) is 47.6. The fraction of sp³-hybridized carbons (Fsp3) is 0.361. The Hall–Kier alpha value is -3.96. The van der Waals surface area contributed by atoms with Crippen LogP contribution in [0.4, 0.5) is 17.6 Å². The maximum atomic E-state index is 14.6. The molecule has 248 valence electrons. The molecule has 0 saturated heterocycles. The van der Waals surface area contributed by atoms with Crippen LogP contribution in [-0.2, 0) is 42.7 Å². The van der Waals surface area contributed by atoms with E-state index in [2.05, 4.69) is 4.98 Å². The van der Waals surface area contributed by atoms with Crippen LogP contribution in [0.25, 0.3) is 11.1 Å². The zero-order valence-electron chi connectivity index (χ0n) is 41.2. The van der Waals surface area contributed by atoms with Crippen LogP contribution in [0.15, 0.2) is 82.5 Å². The van der Waals surface area contributed by atoms with E-state index >= 15 is 0 Å². The van der Waals surface area contributed by atoms with Crippen LogP contribution in [0, 0.1) is 5.82 Å². The third kappa shape index (κ3) is 8.70.